The monoisotopic (exact) mass is 247 g/mol. The maximum Gasteiger partial charge on any atom is 0.165 e. The summed E-state index contributed by atoms with van der Waals surface area (Å²) in [5, 5.41) is 11.6. The van der Waals surface area contributed by atoms with Crippen LogP contribution in [0.3, 0.4) is 0 Å². The van der Waals surface area contributed by atoms with Crippen LogP contribution in [0.1, 0.15) is 5.56 Å². The van der Waals surface area contributed by atoms with Gasteiger partial charge in [-0.3, -0.25) is 0 Å². The van der Waals surface area contributed by atoms with E-state index >= 15 is 0 Å². The lowest BCUT2D eigenvalue weighted by Crippen LogP contribution is -1.98. The van der Waals surface area contributed by atoms with E-state index in [1.807, 2.05) is 6.07 Å². The van der Waals surface area contributed by atoms with Gasteiger partial charge in [0.1, 0.15) is 11.9 Å². The molecule has 2 rings (SSSR count). The van der Waals surface area contributed by atoms with Crippen molar-refractivity contribution in [3.63, 3.8) is 0 Å². The van der Waals surface area contributed by atoms with Crippen LogP contribution in [0, 0.1) is 17.1 Å². The predicted octanol–water partition coefficient (Wildman–Crippen LogP) is 3.49. The summed E-state index contributed by atoms with van der Waals surface area (Å²) in [5.41, 5.74) is 0.527. The molecule has 0 aliphatic rings. The molecule has 2 aromatic rings. The molecular formula is C12H7ClFN3. The Balaban J connectivity index is 2.39. The normalized spacial score (nSPS) is 9.71. The molecule has 3 nitrogen and oxygen atoms in total. The number of benzene rings is 1. The van der Waals surface area contributed by atoms with Crippen molar-refractivity contribution in [1.82, 2.24) is 4.98 Å². The molecule has 0 atom stereocenters. The van der Waals surface area contributed by atoms with Crippen molar-refractivity contribution in [3.05, 3.63) is 52.9 Å². The summed E-state index contributed by atoms with van der Waals surface area (Å²) in [7, 11) is 0. The van der Waals surface area contributed by atoms with Gasteiger partial charge in [0.2, 0.25) is 0 Å². The molecule has 84 valence electrons. The van der Waals surface area contributed by atoms with Gasteiger partial charge in [-0.25, -0.2) is 9.37 Å². The Hall–Kier alpha value is -2.12. The highest BCUT2D eigenvalue weighted by atomic mass is 35.5. The maximum atomic E-state index is 13.6. The van der Waals surface area contributed by atoms with E-state index in [4.69, 9.17) is 16.9 Å². The third-order valence-corrected chi connectivity index (χ3v) is 2.42. The summed E-state index contributed by atoms with van der Waals surface area (Å²) in [6.45, 7) is 0. The molecular weight excluding hydrogens is 241 g/mol. The van der Waals surface area contributed by atoms with Gasteiger partial charge in [-0.05, 0) is 24.3 Å². The molecule has 1 aromatic heterocycles. The van der Waals surface area contributed by atoms with Crippen molar-refractivity contribution >= 4 is 23.1 Å². The van der Waals surface area contributed by atoms with Crippen molar-refractivity contribution in [2.45, 2.75) is 0 Å². The van der Waals surface area contributed by atoms with Crippen molar-refractivity contribution in [3.8, 4) is 6.07 Å². The van der Waals surface area contributed by atoms with Gasteiger partial charge in [-0.2, -0.15) is 5.26 Å². The molecule has 0 fully saturated rings. The average Bonchev–Trinajstić information content (AvgIpc) is 2.35. The lowest BCUT2D eigenvalue weighted by Gasteiger charge is -2.08. The summed E-state index contributed by atoms with van der Waals surface area (Å²) in [4.78, 5) is 3.97. The zero-order valence-corrected chi connectivity index (χ0v) is 9.37. The molecule has 0 spiro atoms. The van der Waals surface area contributed by atoms with Crippen LogP contribution < -0.4 is 5.32 Å². The summed E-state index contributed by atoms with van der Waals surface area (Å²) in [6.07, 6.45) is 1.52. The van der Waals surface area contributed by atoms with Crippen LogP contribution in [0.5, 0.6) is 0 Å². The number of halogens is 2. The maximum absolute atomic E-state index is 13.6. The standard InChI is InChI=1S/C12H7ClFN3/c13-9-4-1-5-10(11(9)14)17-12-8(7-15)3-2-6-16-12/h1-6H,(H,16,17). The number of nitrogens with zero attached hydrogens (tertiary/aromatic N) is 2. The molecule has 0 saturated carbocycles. The summed E-state index contributed by atoms with van der Waals surface area (Å²) >= 11 is 5.65. The number of pyridine rings is 1. The fourth-order valence-electron chi connectivity index (χ4n) is 1.32. The Morgan fingerprint density at radius 3 is 2.88 bits per heavy atom. The second-order valence-electron chi connectivity index (χ2n) is 3.24. The van der Waals surface area contributed by atoms with E-state index < -0.39 is 5.82 Å². The molecule has 0 radical (unpaired) electrons. The lowest BCUT2D eigenvalue weighted by atomic mass is 10.2. The van der Waals surface area contributed by atoms with Crippen molar-refractivity contribution < 1.29 is 4.39 Å². The number of hydrogen-bond acceptors (Lipinski definition) is 3. The van der Waals surface area contributed by atoms with E-state index in [1.165, 1.54) is 18.3 Å². The topological polar surface area (TPSA) is 48.7 Å². The highest BCUT2D eigenvalue weighted by Gasteiger charge is 2.08. The van der Waals surface area contributed by atoms with Crippen LogP contribution in [-0.4, -0.2) is 4.98 Å². The number of nitrogens with one attached hydrogen (secondary N) is 1. The van der Waals surface area contributed by atoms with Gasteiger partial charge >= 0.3 is 0 Å². The zero-order valence-electron chi connectivity index (χ0n) is 8.61. The SMILES string of the molecule is N#Cc1cccnc1Nc1cccc(Cl)c1F. The fraction of sp³-hybridized carbons (Fsp3) is 0. The Morgan fingerprint density at radius 1 is 1.29 bits per heavy atom. The van der Waals surface area contributed by atoms with Gasteiger partial charge in [0, 0.05) is 6.20 Å². The molecule has 17 heavy (non-hydrogen) atoms. The predicted molar refractivity (Wildman–Crippen MR) is 63.6 cm³/mol. The smallest absolute Gasteiger partial charge is 0.165 e. The fourth-order valence-corrected chi connectivity index (χ4v) is 1.50. The summed E-state index contributed by atoms with van der Waals surface area (Å²) < 4.78 is 13.6. The molecule has 0 saturated heterocycles. The first kappa shape index (κ1) is 11.4. The Kier molecular flexibility index (Phi) is 3.22. The van der Waals surface area contributed by atoms with Crippen molar-refractivity contribution in [1.29, 1.82) is 5.26 Å². The van der Waals surface area contributed by atoms with E-state index in [0.717, 1.165) is 0 Å². The lowest BCUT2D eigenvalue weighted by molar-refractivity contribution is 0.632. The molecule has 0 bridgehead atoms. The molecule has 1 heterocycles. The highest BCUT2D eigenvalue weighted by molar-refractivity contribution is 6.31. The molecule has 0 aliphatic carbocycles. The molecule has 5 heteroatoms. The van der Waals surface area contributed by atoms with Crippen molar-refractivity contribution in [2.75, 3.05) is 5.32 Å². The second kappa shape index (κ2) is 4.81. The molecule has 1 aromatic carbocycles. The summed E-state index contributed by atoms with van der Waals surface area (Å²) in [5.74, 6) is -0.264. The minimum Gasteiger partial charge on any atom is -0.337 e. The minimum atomic E-state index is -0.566. The molecule has 0 amide bonds. The Morgan fingerprint density at radius 2 is 2.12 bits per heavy atom. The Bertz CT molecular complexity index is 593. The number of hydrogen-bond donors (Lipinski definition) is 1. The van der Waals surface area contributed by atoms with Crippen LogP contribution in [0.15, 0.2) is 36.5 Å². The van der Waals surface area contributed by atoms with Gasteiger partial charge in [-0.15, -0.1) is 0 Å². The third kappa shape index (κ3) is 2.35. The molecule has 1 N–H and O–H groups in total. The van der Waals surface area contributed by atoms with Crippen LogP contribution in [-0.2, 0) is 0 Å². The number of anilines is 2. The highest BCUT2D eigenvalue weighted by Crippen LogP contribution is 2.25. The van der Waals surface area contributed by atoms with Gasteiger partial charge in [0.05, 0.1) is 16.3 Å². The van der Waals surface area contributed by atoms with Crippen LogP contribution in [0.4, 0.5) is 15.9 Å². The van der Waals surface area contributed by atoms with E-state index in [0.29, 0.717) is 11.4 Å². The van der Waals surface area contributed by atoms with Gasteiger partial charge in [0.25, 0.3) is 0 Å². The molecule has 0 aliphatic heterocycles. The quantitative estimate of drug-likeness (QED) is 0.884. The number of nitriles is 1. The second-order valence-corrected chi connectivity index (χ2v) is 3.64. The van der Waals surface area contributed by atoms with Gasteiger partial charge in [-0.1, -0.05) is 17.7 Å². The Labute approximate surface area is 102 Å². The van der Waals surface area contributed by atoms with E-state index in [-0.39, 0.29) is 10.7 Å². The van der Waals surface area contributed by atoms with Crippen LogP contribution in [0.2, 0.25) is 5.02 Å². The van der Waals surface area contributed by atoms with Crippen LogP contribution in [0.25, 0.3) is 0 Å². The minimum absolute atomic E-state index is 0.0180. The van der Waals surface area contributed by atoms with E-state index in [1.54, 1.807) is 18.2 Å². The number of aromatic nitrogens is 1. The van der Waals surface area contributed by atoms with E-state index in [2.05, 4.69) is 10.3 Å². The van der Waals surface area contributed by atoms with Crippen LogP contribution >= 0.6 is 11.6 Å². The summed E-state index contributed by atoms with van der Waals surface area (Å²) in [6, 6.07) is 9.79. The molecule has 0 unspecified atom stereocenters. The van der Waals surface area contributed by atoms with Crippen molar-refractivity contribution in [2.24, 2.45) is 0 Å². The van der Waals surface area contributed by atoms with Gasteiger partial charge < -0.3 is 5.32 Å². The third-order valence-electron chi connectivity index (χ3n) is 2.13. The van der Waals surface area contributed by atoms with E-state index in [9.17, 15) is 4.39 Å². The number of rotatable bonds is 2. The van der Waals surface area contributed by atoms with Gasteiger partial charge in [0.15, 0.2) is 5.82 Å². The zero-order chi connectivity index (χ0) is 12.3. The first-order chi connectivity index (χ1) is 8.22. The largest absolute Gasteiger partial charge is 0.337 e. The average molecular weight is 248 g/mol. The first-order valence-electron chi connectivity index (χ1n) is 4.78. The first-order valence-corrected chi connectivity index (χ1v) is 5.16.